The van der Waals surface area contributed by atoms with Crippen molar-refractivity contribution in [3.05, 3.63) is 34.6 Å². The van der Waals surface area contributed by atoms with Crippen LogP contribution in [0.5, 0.6) is 0 Å². The summed E-state index contributed by atoms with van der Waals surface area (Å²) in [5.74, 6) is -0.538. The van der Waals surface area contributed by atoms with E-state index in [1.807, 2.05) is 0 Å². The molecular weight excluding hydrogens is 293 g/mol. The first kappa shape index (κ1) is 16.2. The van der Waals surface area contributed by atoms with Gasteiger partial charge in [0.05, 0.1) is 6.42 Å². The zero-order valence-corrected chi connectivity index (χ0v) is 13.0. The molecule has 6 heteroatoms. The maximum atomic E-state index is 13.7. The lowest BCUT2D eigenvalue weighted by Gasteiger charge is -2.29. The minimum absolute atomic E-state index is 0.00353. The van der Waals surface area contributed by atoms with Crippen LogP contribution in [0, 0.1) is 5.82 Å². The third-order valence-electron chi connectivity index (χ3n) is 3.78. The zero-order chi connectivity index (χ0) is 15.2. The molecule has 1 aliphatic rings. The average Bonchev–Trinajstić information content (AvgIpc) is 2.49. The summed E-state index contributed by atoms with van der Waals surface area (Å²) in [6.45, 7) is 5.47. The third kappa shape index (κ3) is 4.66. The largest absolute Gasteiger partial charge is 0.344 e. The van der Waals surface area contributed by atoms with Gasteiger partial charge in [0.25, 0.3) is 0 Å². The molecule has 1 heterocycles. The highest BCUT2D eigenvalue weighted by Crippen LogP contribution is 2.19. The van der Waals surface area contributed by atoms with Crippen LogP contribution in [-0.2, 0) is 11.2 Å². The molecule has 1 aromatic rings. The van der Waals surface area contributed by atoms with Gasteiger partial charge in [-0.3, -0.25) is 9.69 Å². The summed E-state index contributed by atoms with van der Waals surface area (Å²) >= 11 is 5.95. The van der Waals surface area contributed by atoms with Gasteiger partial charge in [-0.25, -0.2) is 4.39 Å². The summed E-state index contributed by atoms with van der Waals surface area (Å²) in [7, 11) is 1.75. The molecule has 0 saturated carbocycles. The number of nitrogens with zero attached hydrogens (tertiary/aromatic N) is 2. The van der Waals surface area contributed by atoms with Crippen molar-refractivity contribution in [1.82, 2.24) is 15.1 Å². The van der Waals surface area contributed by atoms with E-state index in [4.69, 9.17) is 11.6 Å². The summed E-state index contributed by atoms with van der Waals surface area (Å²) in [6.07, 6.45) is 0.00353. The van der Waals surface area contributed by atoms with Gasteiger partial charge in [-0.2, -0.15) is 0 Å². The van der Waals surface area contributed by atoms with Crippen LogP contribution < -0.4 is 5.32 Å². The Bertz CT molecular complexity index is 472. The van der Waals surface area contributed by atoms with Gasteiger partial charge in [0.2, 0.25) is 5.91 Å². The maximum Gasteiger partial charge on any atom is 0.226 e. The first-order chi connectivity index (χ1) is 10.1. The van der Waals surface area contributed by atoms with Crippen LogP contribution in [-0.4, -0.2) is 62.0 Å². The molecule has 116 valence electrons. The number of rotatable bonds is 5. The molecule has 0 spiro atoms. The molecule has 1 N–H and O–H groups in total. The molecule has 0 bridgehead atoms. The molecule has 1 saturated heterocycles. The van der Waals surface area contributed by atoms with Gasteiger partial charge in [-0.1, -0.05) is 17.7 Å². The van der Waals surface area contributed by atoms with Gasteiger partial charge in [-0.05, 0) is 12.1 Å². The minimum atomic E-state index is -0.425. The quantitative estimate of drug-likeness (QED) is 0.892. The van der Waals surface area contributed by atoms with Gasteiger partial charge in [0.1, 0.15) is 5.82 Å². The van der Waals surface area contributed by atoms with E-state index >= 15 is 0 Å². The molecule has 1 amide bonds. The molecule has 1 fully saturated rings. The molecule has 0 aromatic heterocycles. The summed E-state index contributed by atoms with van der Waals surface area (Å²) in [6, 6.07) is 4.48. The van der Waals surface area contributed by atoms with Gasteiger partial charge >= 0.3 is 0 Å². The van der Waals surface area contributed by atoms with E-state index in [9.17, 15) is 9.18 Å². The van der Waals surface area contributed by atoms with E-state index in [-0.39, 0.29) is 17.9 Å². The Labute approximate surface area is 129 Å². The SMILES string of the molecule is CN(CCN1CCNCC1)C(=O)Cc1c(F)cccc1Cl. The number of amides is 1. The molecule has 0 unspecified atom stereocenters. The normalized spacial score (nSPS) is 16.0. The molecule has 21 heavy (non-hydrogen) atoms. The fourth-order valence-corrected chi connectivity index (χ4v) is 2.57. The summed E-state index contributed by atoms with van der Waals surface area (Å²) in [5.41, 5.74) is 0.276. The number of carbonyl (C=O) groups excluding carboxylic acids is 1. The van der Waals surface area contributed by atoms with Crippen LogP contribution >= 0.6 is 11.6 Å². The highest BCUT2D eigenvalue weighted by atomic mass is 35.5. The molecule has 4 nitrogen and oxygen atoms in total. The van der Waals surface area contributed by atoms with Crippen molar-refractivity contribution in [2.75, 3.05) is 46.3 Å². The first-order valence-electron chi connectivity index (χ1n) is 7.18. The number of halogens is 2. The second-order valence-corrected chi connectivity index (χ2v) is 5.69. The lowest BCUT2D eigenvalue weighted by atomic mass is 10.1. The van der Waals surface area contributed by atoms with Crippen molar-refractivity contribution in [2.24, 2.45) is 0 Å². The second kappa shape index (κ2) is 7.73. The van der Waals surface area contributed by atoms with E-state index in [1.165, 1.54) is 6.07 Å². The topological polar surface area (TPSA) is 35.6 Å². The highest BCUT2D eigenvalue weighted by Gasteiger charge is 2.16. The van der Waals surface area contributed by atoms with E-state index in [0.717, 1.165) is 32.7 Å². The van der Waals surface area contributed by atoms with Gasteiger partial charge in [0, 0.05) is 56.9 Å². The van der Waals surface area contributed by atoms with E-state index < -0.39 is 5.82 Å². The number of hydrogen-bond donors (Lipinski definition) is 1. The van der Waals surface area contributed by atoms with E-state index in [2.05, 4.69) is 10.2 Å². The van der Waals surface area contributed by atoms with Crippen molar-refractivity contribution in [3.8, 4) is 0 Å². The average molecular weight is 314 g/mol. The molecule has 0 aliphatic carbocycles. The van der Waals surface area contributed by atoms with Gasteiger partial charge in [-0.15, -0.1) is 0 Å². The number of carbonyl (C=O) groups is 1. The Morgan fingerprint density at radius 2 is 2.14 bits per heavy atom. The Kier molecular flexibility index (Phi) is 5.96. The lowest BCUT2D eigenvalue weighted by Crippen LogP contribution is -2.46. The standard InChI is InChI=1S/C15H21ClFN3O/c1-19(9-10-20-7-5-18-6-8-20)15(21)11-12-13(16)3-2-4-14(12)17/h2-4,18H,5-11H2,1H3. The van der Waals surface area contributed by atoms with Gasteiger partial charge < -0.3 is 10.2 Å². The Balaban J connectivity index is 1.84. The molecule has 2 rings (SSSR count). The van der Waals surface area contributed by atoms with Crippen molar-refractivity contribution in [2.45, 2.75) is 6.42 Å². The molecule has 0 atom stereocenters. The predicted octanol–water partition coefficient (Wildman–Crippen LogP) is 1.39. The monoisotopic (exact) mass is 313 g/mol. The smallest absolute Gasteiger partial charge is 0.226 e. The van der Waals surface area contributed by atoms with Crippen LogP contribution in [0.4, 0.5) is 4.39 Å². The maximum absolute atomic E-state index is 13.7. The summed E-state index contributed by atoms with van der Waals surface area (Å²) < 4.78 is 13.7. The van der Waals surface area contributed by atoms with Crippen molar-refractivity contribution in [1.29, 1.82) is 0 Å². The van der Waals surface area contributed by atoms with Crippen LogP contribution in [0.1, 0.15) is 5.56 Å². The third-order valence-corrected chi connectivity index (χ3v) is 4.13. The predicted molar refractivity (Wildman–Crippen MR) is 82.1 cm³/mol. The fraction of sp³-hybridized carbons (Fsp3) is 0.533. The molecule has 1 aliphatic heterocycles. The van der Waals surface area contributed by atoms with Crippen molar-refractivity contribution < 1.29 is 9.18 Å². The molecule has 0 radical (unpaired) electrons. The Morgan fingerprint density at radius 1 is 1.43 bits per heavy atom. The van der Waals surface area contributed by atoms with Crippen LogP contribution in [0.25, 0.3) is 0 Å². The molecule has 1 aromatic carbocycles. The summed E-state index contributed by atoms with van der Waals surface area (Å²) in [5, 5.41) is 3.60. The van der Waals surface area contributed by atoms with Crippen LogP contribution in [0.15, 0.2) is 18.2 Å². The highest BCUT2D eigenvalue weighted by molar-refractivity contribution is 6.31. The zero-order valence-electron chi connectivity index (χ0n) is 12.2. The first-order valence-corrected chi connectivity index (χ1v) is 7.55. The number of likely N-dealkylation sites (N-methyl/N-ethyl adjacent to an activating group) is 1. The van der Waals surface area contributed by atoms with E-state index in [1.54, 1.807) is 24.1 Å². The van der Waals surface area contributed by atoms with Crippen molar-refractivity contribution in [3.63, 3.8) is 0 Å². The van der Waals surface area contributed by atoms with Crippen molar-refractivity contribution >= 4 is 17.5 Å². The minimum Gasteiger partial charge on any atom is -0.344 e. The Morgan fingerprint density at radius 3 is 2.81 bits per heavy atom. The number of nitrogens with one attached hydrogen (secondary N) is 1. The lowest BCUT2D eigenvalue weighted by molar-refractivity contribution is -0.129. The van der Waals surface area contributed by atoms with Crippen LogP contribution in [0.3, 0.4) is 0 Å². The summed E-state index contributed by atoms with van der Waals surface area (Å²) in [4.78, 5) is 16.1. The second-order valence-electron chi connectivity index (χ2n) is 5.28. The van der Waals surface area contributed by atoms with Gasteiger partial charge in [0.15, 0.2) is 0 Å². The number of piperazine rings is 1. The molecular formula is C15H21ClFN3O. The number of hydrogen-bond acceptors (Lipinski definition) is 3. The number of benzene rings is 1. The van der Waals surface area contributed by atoms with E-state index in [0.29, 0.717) is 11.6 Å². The Hall–Kier alpha value is -1.17. The fourth-order valence-electron chi connectivity index (χ4n) is 2.34. The van der Waals surface area contributed by atoms with Crippen LogP contribution in [0.2, 0.25) is 5.02 Å².